The van der Waals surface area contributed by atoms with E-state index in [0.29, 0.717) is 10.0 Å². The molecule has 1 heterocycles. The summed E-state index contributed by atoms with van der Waals surface area (Å²) in [5.74, 6) is -0.465. The highest BCUT2D eigenvalue weighted by Gasteiger charge is 2.17. The third-order valence-corrected chi connectivity index (χ3v) is 3.74. The first kappa shape index (κ1) is 12.4. The molecule has 0 spiro atoms. The summed E-state index contributed by atoms with van der Waals surface area (Å²) in [5.41, 5.74) is 2.67. The van der Waals surface area contributed by atoms with E-state index in [9.17, 15) is 4.79 Å². The van der Waals surface area contributed by atoms with Crippen molar-refractivity contribution in [2.45, 2.75) is 0 Å². The third kappa shape index (κ3) is 2.44. The van der Waals surface area contributed by atoms with E-state index < -0.39 is 5.97 Å². The van der Waals surface area contributed by atoms with E-state index >= 15 is 0 Å². The van der Waals surface area contributed by atoms with Crippen molar-refractivity contribution in [2.24, 2.45) is 0 Å². The van der Waals surface area contributed by atoms with Gasteiger partial charge in [-0.1, -0.05) is 29.3 Å². The minimum Gasteiger partial charge on any atom is -0.464 e. The van der Waals surface area contributed by atoms with E-state index in [2.05, 4.69) is 9.72 Å². The lowest BCUT2D eigenvalue weighted by molar-refractivity contribution is 0.0596. The average molecular weight is 288 g/mol. The molecule has 0 N–H and O–H groups in total. The van der Waals surface area contributed by atoms with E-state index in [4.69, 9.17) is 23.2 Å². The van der Waals surface area contributed by atoms with Gasteiger partial charge < -0.3 is 4.74 Å². The maximum absolute atomic E-state index is 11.5. The number of benzene rings is 1. The fourth-order valence-corrected chi connectivity index (χ4v) is 2.40. The predicted molar refractivity (Wildman–Crippen MR) is 68.9 cm³/mol. The monoisotopic (exact) mass is 287 g/mol. The molecule has 0 saturated carbocycles. The molecule has 0 bridgehead atoms. The minimum absolute atomic E-state index is 0.288. The van der Waals surface area contributed by atoms with Gasteiger partial charge in [-0.2, -0.15) is 0 Å². The Bertz CT molecular complexity index is 568. The van der Waals surface area contributed by atoms with Gasteiger partial charge in [-0.05, 0) is 17.7 Å². The molecule has 1 aromatic heterocycles. The zero-order valence-corrected chi connectivity index (χ0v) is 11.1. The van der Waals surface area contributed by atoms with E-state index in [-0.39, 0.29) is 5.69 Å². The first-order valence-corrected chi connectivity index (χ1v) is 6.24. The van der Waals surface area contributed by atoms with E-state index in [1.165, 1.54) is 18.4 Å². The fraction of sp³-hybridized carbons (Fsp3) is 0.0909. The second kappa shape index (κ2) is 5.04. The van der Waals surface area contributed by atoms with Crippen molar-refractivity contribution >= 4 is 40.5 Å². The molecule has 3 nitrogen and oxygen atoms in total. The van der Waals surface area contributed by atoms with Crippen molar-refractivity contribution in [1.82, 2.24) is 4.98 Å². The molecule has 17 heavy (non-hydrogen) atoms. The van der Waals surface area contributed by atoms with Crippen LogP contribution < -0.4 is 0 Å². The van der Waals surface area contributed by atoms with E-state index in [1.807, 2.05) is 0 Å². The van der Waals surface area contributed by atoms with Crippen LogP contribution in [0.5, 0.6) is 0 Å². The number of rotatable bonds is 2. The van der Waals surface area contributed by atoms with Gasteiger partial charge in [0, 0.05) is 0 Å². The molecule has 88 valence electrons. The van der Waals surface area contributed by atoms with Crippen LogP contribution in [0.15, 0.2) is 23.7 Å². The molecule has 0 unspecified atom stereocenters. The molecular formula is C11H7Cl2NO2S. The Labute approximate surface area is 112 Å². The summed E-state index contributed by atoms with van der Waals surface area (Å²) in [4.78, 5) is 16.2. The van der Waals surface area contributed by atoms with Crippen LogP contribution in [0.3, 0.4) is 0 Å². The summed E-state index contributed by atoms with van der Waals surface area (Å²) in [6, 6.07) is 5.16. The van der Waals surface area contributed by atoms with Crippen molar-refractivity contribution in [1.29, 1.82) is 0 Å². The predicted octanol–water partition coefficient (Wildman–Crippen LogP) is 3.90. The molecule has 6 heteroatoms. The number of carbonyl (C=O) groups is 1. The lowest BCUT2D eigenvalue weighted by atomic mass is 10.1. The maximum atomic E-state index is 11.5. The fourth-order valence-electron chi connectivity index (χ4n) is 1.33. The molecule has 1 aromatic carbocycles. The molecule has 0 aliphatic rings. The standard InChI is InChI=1S/C11H7Cl2NO2S/c1-16-11(15)9-10(17-5-14-9)6-2-3-7(12)8(13)4-6/h2-5H,1H3. The second-order valence-electron chi connectivity index (χ2n) is 3.15. The van der Waals surface area contributed by atoms with Gasteiger partial charge in [0.15, 0.2) is 5.69 Å². The van der Waals surface area contributed by atoms with Gasteiger partial charge >= 0.3 is 5.97 Å². The summed E-state index contributed by atoms with van der Waals surface area (Å²) in [6.07, 6.45) is 0. The van der Waals surface area contributed by atoms with Crippen LogP contribution in [0.25, 0.3) is 10.4 Å². The summed E-state index contributed by atoms with van der Waals surface area (Å²) < 4.78 is 4.66. The average Bonchev–Trinajstić information content (AvgIpc) is 2.80. The van der Waals surface area contributed by atoms with Crippen LogP contribution >= 0.6 is 34.5 Å². The van der Waals surface area contributed by atoms with Gasteiger partial charge in [0.1, 0.15) is 0 Å². The highest BCUT2D eigenvalue weighted by atomic mass is 35.5. The maximum Gasteiger partial charge on any atom is 0.358 e. The van der Waals surface area contributed by atoms with E-state index in [0.717, 1.165) is 10.4 Å². The molecule has 2 rings (SSSR count). The molecule has 0 fully saturated rings. The molecule has 0 aliphatic carbocycles. The number of hydrogen-bond donors (Lipinski definition) is 0. The lowest BCUT2D eigenvalue weighted by Gasteiger charge is -2.02. The molecular weight excluding hydrogens is 281 g/mol. The summed E-state index contributed by atoms with van der Waals surface area (Å²) in [6.45, 7) is 0. The zero-order chi connectivity index (χ0) is 12.4. The number of methoxy groups -OCH3 is 1. The topological polar surface area (TPSA) is 39.2 Å². The second-order valence-corrected chi connectivity index (χ2v) is 4.82. The Hall–Kier alpha value is -1.10. The Morgan fingerprint density at radius 3 is 2.76 bits per heavy atom. The lowest BCUT2D eigenvalue weighted by Crippen LogP contribution is -2.02. The van der Waals surface area contributed by atoms with Crippen LogP contribution in [0.4, 0.5) is 0 Å². The van der Waals surface area contributed by atoms with Crippen molar-refractivity contribution in [3.63, 3.8) is 0 Å². The summed E-state index contributed by atoms with van der Waals surface area (Å²) >= 11 is 13.1. The number of halogens is 2. The number of ether oxygens (including phenoxy) is 1. The SMILES string of the molecule is COC(=O)c1ncsc1-c1ccc(Cl)c(Cl)c1. The Morgan fingerprint density at radius 1 is 1.35 bits per heavy atom. The van der Waals surface area contributed by atoms with Gasteiger partial charge in [0.25, 0.3) is 0 Å². The quantitative estimate of drug-likeness (QED) is 0.787. The number of hydrogen-bond acceptors (Lipinski definition) is 4. The third-order valence-electron chi connectivity index (χ3n) is 2.13. The molecule has 2 aromatic rings. The summed E-state index contributed by atoms with van der Waals surface area (Å²) in [5, 5.41) is 0.910. The van der Waals surface area contributed by atoms with Crippen LogP contribution in [-0.4, -0.2) is 18.1 Å². The van der Waals surface area contributed by atoms with Gasteiger partial charge in [-0.15, -0.1) is 11.3 Å². The number of carbonyl (C=O) groups excluding carboxylic acids is 1. The van der Waals surface area contributed by atoms with Crippen molar-refractivity contribution in [3.8, 4) is 10.4 Å². The van der Waals surface area contributed by atoms with Crippen molar-refractivity contribution in [3.05, 3.63) is 39.4 Å². The number of thiazole rings is 1. The largest absolute Gasteiger partial charge is 0.464 e. The van der Waals surface area contributed by atoms with Crippen molar-refractivity contribution in [2.75, 3.05) is 7.11 Å². The van der Waals surface area contributed by atoms with Gasteiger partial charge in [0.05, 0.1) is 27.5 Å². The molecule has 0 aliphatic heterocycles. The zero-order valence-electron chi connectivity index (χ0n) is 8.74. The van der Waals surface area contributed by atoms with Crippen LogP contribution in [0.1, 0.15) is 10.5 Å². The summed E-state index contributed by atoms with van der Waals surface area (Å²) in [7, 11) is 1.32. The van der Waals surface area contributed by atoms with Crippen LogP contribution in [-0.2, 0) is 4.74 Å². The Morgan fingerprint density at radius 2 is 2.12 bits per heavy atom. The van der Waals surface area contributed by atoms with Gasteiger partial charge in [0.2, 0.25) is 0 Å². The van der Waals surface area contributed by atoms with Crippen LogP contribution in [0, 0.1) is 0 Å². The minimum atomic E-state index is -0.465. The van der Waals surface area contributed by atoms with Gasteiger partial charge in [-0.3, -0.25) is 0 Å². The van der Waals surface area contributed by atoms with Crippen molar-refractivity contribution < 1.29 is 9.53 Å². The number of aromatic nitrogens is 1. The normalized spacial score (nSPS) is 10.3. The smallest absolute Gasteiger partial charge is 0.358 e. The highest BCUT2D eigenvalue weighted by Crippen LogP contribution is 2.32. The molecule has 0 radical (unpaired) electrons. The Kier molecular flexibility index (Phi) is 3.66. The molecule has 0 saturated heterocycles. The first-order valence-electron chi connectivity index (χ1n) is 4.60. The Balaban J connectivity index is 2.50. The number of esters is 1. The van der Waals surface area contributed by atoms with Gasteiger partial charge in [-0.25, -0.2) is 9.78 Å². The first-order chi connectivity index (χ1) is 8.13. The highest BCUT2D eigenvalue weighted by molar-refractivity contribution is 7.13. The number of nitrogens with zero attached hydrogens (tertiary/aromatic N) is 1. The molecule has 0 amide bonds. The molecule has 0 atom stereocenters. The van der Waals surface area contributed by atoms with E-state index in [1.54, 1.807) is 23.7 Å². The van der Waals surface area contributed by atoms with Crippen LogP contribution in [0.2, 0.25) is 10.0 Å².